The second kappa shape index (κ2) is 7.69. The van der Waals surface area contributed by atoms with Crippen molar-refractivity contribution in [3.63, 3.8) is 0 Å². The molecule has 0 bridgehead atoms. The van der Waals surface area contributed by atoms with Crippen LogP contribution in [0.15, 0.2) is 0 Å². The summed E-state index contributed by atoms with van der Waals surface area (Å²) in [5, 5.41) is 3.38. The molecule has 90 valence electrons. The summed E-state index contributed by atoms with van der Waals surface area (Å²) in [5.74, 6) is 0.114. The lowest BCUT2D eigenvalue weighted by Gasteiger charge is -2.25. The number of hydrogen-bond acceptors (Lipinski definition) is 3. The third-order valence-electron chi connectivity index (χ3n) is 2.67. The highest BCUT2D eigenvalue weighted by atomic mass is 16.5. The van der Waals surface area contributed by atoms with Crippen molar-refractivity contribution in [2.45, 2.75) is 59.0 Å². The first-order valence-electron chi connectivity index (χ1n) is 5.90. The van der Waals surface area contributed by atoms with Crippen LogP contribution in [0.3, 0.4) is 0 Å². The van der Waals surface area contributed by atoms with Gasteiger partial charge in [0.1, 0.15) is 6.04 Å². The molecule has 0 aromatic carbocycles. The fraction of sp³-hybridized carbons (Fsp3) is 0.917. The van der Waals surface area contributed by atoms with E-state index in [1.165, 1.54) is 7.11 Å². The molecule has 3 nitrogen and oxygen atoms in total. The SMILES string of the molecule is CCCC(CC)NC(C(=O)OC)C(C)C. The van der Waals surface area contributed by atoms with Crippen LogP contribution in [0, 0.1) is 5.92 Å². The zero-order valence-electron chi connectivity index (χ0n) is 10.7. The van der Waals surface area contributed by atoms with E-state index < -0.39 is 0 Å². The summed E-state index contributed by atoms with van der Waals surface area (Å²) in [6.45, 7) is 8.37. The van der Waals surface area contributed by atoms with Gasteiger partial charge >= 0.3 is 5.97 Å². The molecule has 0 saturated heterocycles. The van der Waals surface area contributed by atoms with E-state index in [9.17, 15) is 4.79 Å². The van der Waals surface area contributed by atoms with E-state index in [1.54, 1.807) is 0 Å². The molecule has 0 aliphatic heterocycles. The first-order chi connectivity index (χ1) is 7.06. The Morgan fingerprint density at radius 1 is 1.33 bits per heavy atom. The van der Waals surface area contributed by atoms with E-state index in [0.717, 1.165) is 19.3 Å². The van der Waals surface area contributed by atoms with Crippen molar-refractivity contribution < 1.29 is 9.53 Å². The zero-order chi connectivity index (χ0) is 11.8. The van der Waals surface area contributed by atoms with Crippen molar-refractivity contribution in [2.24, 2.45) is 5.92 Å². The summed E-state index contributed by atoms with van der Waals surface area (Å²) in [7, 11) is 1.44. The largest absolute Gasteiger partial charge is 0.468 e. The molecule has 2 unspecified atom stereocenters. The minimum absolute atomic E-state index is 0.153. The topological polar surface area (TPSA) is 38.3 Å². The third kappa shape index (κ3) is 5.17. The first kappa shape index (κ1) is 14.4. The lowest BCUT2D eigenvalue weighted by atomic mass is 10.0. The van der Waals surface area contributed by atoms with Gasteiger partial charge in [0, 0.05) is 6.04 Å². The molecule has 2 atom stereocenters. The van der Waals surface area contributed by atoms with Crippen LogP contribution in [-0.2, 0) is 9.53 Å². The Labute approximate surface area is 93.6 Å². The molecule has 0 saturated carbocycles. The van der Waals surface area contributed by atoms with Gasteiger partial charge in [-0.2, -0.15) is 0 Å². The first-order valence-corrected chi connectivity index (χ1v) is 5.90. The van der Waals surface area contributed by atoms with Crippen LogP contribution >= 0.6 is 0 Å². The van der Waals surface area contributed by atoms with Crippen LogP contribution in [0.25, 0.3) is 0 Å². The smallest absolute Gasteiger partial charge is 0.323 e. The van der Waals surface area contributed by atoms with Crippen LogP contribution in [0.1, 0.15) is 47.0 Å². The second-order valence-corrected chi connectivity index (χ2v) is 4.31. The summed E-state index contributed by atoms with van der Waals surface area (Å²) in [6, 6.07) is 0.244. The molecular formula is C12H25NO2. The number of ether oxygens (including phenoxy) is 1. The Kier molecular flexibility index (Phi) is 7.39. The molecule has 0 amide bonds. The molecule has 0 radical (unpaired) electrons. The van der Waals surface area contributed by atoms with Gasteiger partial charge in [0.15, 0.2) is 0 Å². The van der Waals surface area contributed by atoms with Crippen LogP contribution in [-0.4, -0.2) is 25.2 Å². The minimum atomic E-state index is -0.175. The normalized spacial score (nSPS) is 15.1. The fourth-order valence-corrected chi connectivity index (χ4v) is 1.67. The Morgan fingerprint density at radius 2 is 1.93 bits per heavy atom. The molecule has 0 aliphatic rings. The maximum Gasteiger partial charge on any atom is 0.323 e. The van der Waals surface area contributed by atoms with Gasteiger partial charge in [-0.3, -0.25) is 4.79 Å². The molecular weight excluding hydrogens is 190 g/mol. The monoisotopic (exact) mass is 215 g/mol. The van der Waals surface area contributed by atoms with Crippen molar-refractivity contribution in [1.29, 1.82) is 0 Å². The maximum atomic E-state index is 11.5. The second-order valence-electron chi connectivity index (χ2n) is 4.31. The number of methoxy groups -OCH3 is 1. The van der Waals surface area contributed by atoms with Crippen LogP contribution in [0.2, 0.25) is 0 Å². The lowest BCUT2D eigenvalue weighted by Crippen LogP contribution is -2.46. The summed E-state index contributed by atoms with van der Waals surface area (Å²) in [4.78, 5) is 11.5. The van der Waals surface area contributed by atoms with E-state index in [0.29, 0.717) is 6.04 Å². The van der Waals surface area contributed by atoms with Gasteiger partial charge in [0.25, 0.3) is 0 Å². The fourth-order valence-electron chi connectivity index (χ4n) is 1.67. The molecule has 0 aromatic rings. The standard InChI is InChI=1S/C12H25NO2/c1-6-8-10(7-2)13-11(9(3)4)12(14)15-5/h9-11,13H,6-8H2,1-5H3. The molecule has 0 spiro atoms. The Balaban J connectivity index is 4.31. The average Bonchev–Trinajstić information content (AvgIpc) is 2.22. The number of hydrogen-bond donors (Lipinski definition) is 1. The summed E-state index contributed by atoms with van der Waals surface area (Å²) >= 11 is 0. The summed E-state index contributed by atoms with van der Waals surface area (Å²) in [6.07, 6.45) is 3.29. The number of carbonyl (C=O) groups excluding carboxylic acids is 1. The molecule has 0 fully saturated rings. The Bertz CT molecular complexity index is 180. The highest BCUT2D eigenvalue weighted by Gasteiger charge is 2.24. The van der Waals surface area contributed by atoms with E-state index in [2.05, 4.69) is 19.2 Å². The van der Waals surface area contributed by atoms with Crippen molar-refractivity contribution in [1.82, 2.24) is 5.32 Å². The van der Waals surface area contributed by atoms with Crippen LogP contribution in [0.4, 0.5) is 0 Å². The summed E-state index contributed by atoms with van der Waals surface area (Å²) < 4.78 is 4.80. The van der Waals surface area contributed by atoms with Crippen LogP contribution in [0.5, 0.6) is 0 Å². The van der Waals surface area contributed by atoms with Gasteiger partial charge in [-0.25, -0.2) is 0 Å². The van der Waals surface area contributed by atoms with Gasteiger partial charge in [0.2, 0.25) is 0 Å². The van der Waals surface area contributed by atoms with Crippen LogP contribution < -0.4 is 5.32 Å². The maximum absolute atomic E-state index is 11.5. The summed E-state index contributed by atoms with van der Waals surface area (Å²) in [5.41, 5.74) is 0. The third-order valence-corrected chi connectivity index (χ3v) is 2.67. The van der Waals surface area contributed by atoms with Gasteiger partial charge in [-0.05, 0) is 18.8 Å². The lowest BCUT2D eigenvalue weighted by molar-refractivity contribution is -0.144. The number of rotatable bonds is 7. The molecule has 0 heterocycles. The minimum Gasteiger partial charge on any atom is -0.468 e. The molecule has 3 heteroatoms. The quantitative estimate of drug-likeness (QED) is 0.662. The number of esters is 1. The Morgan fingerprint density at radius 3 is 2.27 bits per heavy atom. The predicted octanol–water partition coefficient (Wildman–Crippen LogP) is 2.35. The predicted molar refractivity (Wildman–Crippen MR) is 62.8 cm³/mol. The molecule has 1 N–H and O–H groups in total. The van der Waals surface area contributed by atoms with E-state index >= 15 is 0 Å². The van der Waals surface area contributed by atoms with Gasteiger partial charge in [-0.15, -0.1) is 0 Å². The van der Waals surface area contributed by atoms with Crippen molar-refractivity contribution in [3.05, 3.63) is 0 Å². The number of nitrogens with one attached hydrogen (secondary N) is 1. The zero-order valence-corrected chi connectivity index (χ0v) is 10.7. The van der Waals surface area contributed by atoms with Crippen molar-refractivity contribution >= 4 is 5.97 Å². The van der Waals surface area contributed by atoms with E-state index in [1.807, 2.05) is 13.8 Å². The van der Waals surface area contributed by atoms with Crippen molar-refractivity contribution in [3.8, 4) is 0 Å². The van der Waals surface area contributed by atoms with Crippen molar-refractivity contribution in [2.75, 3.05) is 7.11 Å². The number of carbonyl (C=O) groups is 1. The highest BCUT2D eigenvalue weighted by Crippen LogP contribution is 2.09. The molecule has 0 aliphatic carbocycles. The van der Waals surface area contributed by atoms with E-state index in [-0.39, 0.29) is 17.9 Å². The van der Waals surface area contributed by atoms with E-state index in [4.69, 9.17) is 4.74 Å². The molecule has 15 heavy (non-hydrogen) atoms. The van der Waals surface area contributed by atoms with Gasteiger partial charge in [-0.1, -0.05) is 34.1 Å². The van der Waals surface area contributed by atoms with Gasteiger partial charge < -0.3 is 10.1 Å². The van der Waals surface area contributed by atoms with Gasteiger partial charge in [0.05, 0.1) is 7.11 Å². The highest BCUT2D eigenvalue weighted by molar-refractivity contribution is 5.75. The Hall–Kier alpha value is -0.570. The average molecular weight is 215 g/mol. The molecule has 0 aromatic heterocycles. The molecule has 0 rings (SSSR count).